The average molecular weight is 274 g/mol. The Morgan fingerprint density at radius 1 is 1.10 bits per heavy atom. The predicted molar refractivity (Wildman–Crippen MR) is 80.2 cm³/mol. The normalized spacial score (nSPS) is 18.8. The van der Waals surface area contributed by atoms with Crippen LogP contribution in [0.5, 0.6) is 5.75 Å². The number of oxazole rings is 1. The molecule has 0 bridgehead atoms. The first-order chi connectivity index (χ1) is 9.16. The van der Waals surface area contributed by atoms with Gasteiger partial charge in [-0.15, -0.1) is 0 Å². The largest absolute Gasteiger partial charge is 0.466 e. The minimum absolute atomic E-state index is 0.0158. The molecule has 0 radical (unpaired) electrons. The zero-order valence-corrected chi connectivity index (χ0v) is 13.0. The second kappa shape index (κ2) is 3.90. The van der Waals surface area contributed by atoms with E-state index in [0.29, 0.717) is 0 Å². The van der Waals surface area contributed by atoms with Gasteiger partial charge in [0.15, 0.2) is 23.1 Å². The van der Waals surface area contributed by atoms with Gasteiger partial charge in [-0.3, -0.25) is 0 Å². The molecule has 1 aromatic heterocycles. The van der Waals surface area contributed by atoms with Crippen molar-refractivity contribution in [1.82, 2.24) is 4.98 Å². The number of hydrogen-bond acceptors (Lipinski definition) is 4. The molecule has 2 aromatic rings. The molecule has 1 aliphatic rings. The first kappa shape index (κ1) is 13.3. The van der Waals surface area contributed by atoms with Crippen LogP contribution in [0.3, 0.4) is 0 Å². The van der Waals surface area contributed by atoms with Gasteiger partial charge in [-0.2, -0.15) is 0 Å². The summed E-state index contributed by atoms with van der Waals surface area (Å²) in [5.74, 6) is 1.55. The summed E-state index contributed by atoms with van der Waals surface area (Å²) in [5, 5.41) is 3.41. The van der Waals surface area contributed by atoms with Crippen LogP contribution in [0.2, 0.25) is 0 Å². The topological polar surface area (TPSA) is 47.3 Å². The molecule has 1 aromatic carbocycles. The second-order valence-electron chi connectivity index (χ2n) is 7.57. The number of anilines is 1. The summed E-state index contributed by atoms with van der Waals surface area (Å²) in [6.45, 7) is 12.7. The summed E-state index contributed by atoms with van der Waals surface area (Å²) in [4.78, 5) is 4.64. The van der Waals surface area contributed by atoms with Crippen LogP contribution >= 0.6 is 0 Å². The van der Waals surface area contributed by atoms with Crippen LogP contribution in [0.4, 0.5) is 5.69 Å². The standard InChI is InChI=1S/C16H22N2O2/c1-15(2,3)13-17-9-7-8-10-11(12(9)20-13)18-14(19-10)16(4,5)6/h7-8,13,17H,1-6H3. The minimum Gasteiger partial charge on any atom is -0.466 e. The number of rotatable bonds is 0. The van der Waals surface area contributed by atoms with Crippen LogP contribution in [0.1, 0.15) is 47.4 Å². The Labute approximate surface area is 119 Å². The van der Waals surface area contributed by atoms with Crippen LogP contribution in [0.15, 0.2) is 16.5 Å². The molecular formula is C16H22N2O2. The van der Waals surface area contributed by atoms with Crippen molar-refractivity contribution in [3.8, 4) is 5.75 Å². The van der Waals surface area contributed by atoms with Gasteiger partial charge in [0, 0.05) is 10.8 Å². The molecule has 0 fully saturated rings. The highest BCUT2D eigenvalue weighted by Gasteiger charge is 2.35. The van der Waals surface area contributed by atoms with E-state index in [1.807, 2.05) is 12.1 Å². The quantitative estimate of drug-likeness (QED) is 0.778. The summed E-state index contributed by atoms with van der Waals surface area (Å²) in [5.41, 5.74) is 2.49. The monoisotopic (exact) mass is 274 g/mol. The lowest BCUT2D eigenvalue weighted by atomic mass is 9.94. The van der Waals surface area contributed by atoms with E-state index in [1.54, 1.807) is 0 Å². The molecule has 0 saturated carbocycles. The fraction of sp³-hybridized carbons (Fsp3) is 0.562. The Morgan fingerprint density at radius 2 is 1.80 bits per heavy atom. The lowest BCUT2D eigenvalue weighted by Gasteiger charge is -2.26. The van der Waals surface area contributed by atoms with Crippen molar-refractivity contribution < 1.29 is 9.15 Å². The third-order valence-corrected chi connectivity index (χ3v) is 3.46. The molecule has 0 spiro atoms. The smallest absolute Gasteiger partial charge is 0.200 e. The highest BCUT2D eigenvalue weighted by Crippen LogP contribution is 2.43. The van der Waals surface area contributed by atoms with E-state index >= 15 is 0 Å². The number of fused-ring (bicyclic) bond motifs is 3. The Kier molecular flexibility index (Phi) is 2.59. The first-order valence-corrected chi connectivity index (χ1v) is 7.03. The molecule has 1 atom stereocenters. The van der Waals surface area contributed by atoms with Crippen molar-refractivity contribution in [1.29, 1.82) is 0 Å². The van der Waals surface area contributed by atoms with Crippen LogP contribution in [-0.4, -0.2) is 11.2 Å². The molecule has 0 aliphatic carbocycles. The van der Waals surface area contributed by atoms with Gasteiger partial charge in [-0.25, -0.2) is 4.98 Å². The molecule has 1 aliphatic heterocycles. The zero-order valence-electron chi connectivity index (χ0n) is 13.0. The molecule has 3 rings (SSSR count). The SMILES string of the molecule is CC(C)(C)c1nc2c3c(ccc2o1)NC(C(C)(C)C)O3. The van der Waals surface area contributed by atoms with Gasteiger partial charge in [0.2, 0.25) is 5.89 Å². The number of hydrogen-bond donors (Lipinski definition) is 1. The van der Waals surface area contributed by atoms with Crippen molar-refractivity contribution in [2.45, 2.75) is 53.2 Å². The Hall–Kier alpha value is -1.71. The summed E-state index contributed by atoms with van der Waals surface area (Å²) < 4.78 is 11.9. The van der Waals surface area contributed by atoms with Crippen LogP contribution < -0.4 is 10.1 Å². The molecule has 2 heterocycles. The van der Waals surface area contributed by atoms with Crippen molar-refractivity contribution in [3.63, 3.8) is 0 Å². The zero-order chi connectivity index (χ0) is 14.7. The van der Waals surface area contributed by atoms with E-state index in [-0.39, 0.29) is 17.1 Å². The maximum absolute atomic E-state index is 6.08. The molecule has 1 N–H and O–H groups in total. The number of aromatic nitrogens is 1. The summed E-state index contributed by atoms with van der Waals surface area (Å²) in [6.07, 6.45) is -0.0436. The third-order valence-electron chi connectivity index (χ3n) is 3.46. The Bertz CT molecular complexity index is 659. The van der Waals surface area contributed by atoms with Crippen LogP contribution in [-0.2, 0) is 5.41 Å². The van der Waals surface area contributed by atoms with Crippen LogP contribution in [0.25, 0.3) is 11.1 Å². The summed E-state index contributed by atoms with van der Waals surface area (Å²) in [7, 11) is 0. The Morgan fingerprint density at radius 3 is 2.40 bits per heavy atom. The van der Waals surface area contributed by atoms with E-state index in [1.165, 1.54) is 0 Å². The van der Waals surface area contributed by atoms with Gasteiger partial charge in [0.05, 0.1) is 5.69 Å². The number of benzene rings is 1. The maximum atomic E-state index is 6.08. The van der Waals surface area contributed by atoms with Gasteiger partial charge < -0.3 is 14.5 Å². The van der Waals surface area contributed by atoms with Gasteiger partial charge in [0.25, 0.3) is 0 Å². The van der Waals surface area contributed by atoms with Crippen molar-refractivity contribution in [2.75, 3.05) is 5.32 Å². The van der Waals surface area contributed by atoms with Gasteiger partial charge >= 0.3 is 0 Å². The van der Waals surface area contributed by atoms with Crippen molar-refractivity contribution in [3.05, 3.63) is 18.0 Å². The Balaban J connectivity index is 2.09. The third kappa shape index (κ3) is 2.03. The van der Waals surface area contributed by atoms with Gasteiger partial charge in [-0.05, 0) is 12.1 Å². The molecule has 4 heteroatoms. The van der Waals surface area contributed by atoms with E-state index in [4.69, 9.17) is 9.15 Å². The first-order valence-electron chi connectivity index (χ1n) is 7.03. The molecule has 108 valence electrons. The highest BCUT2D eigenvalue weighted by atomic mass is 16.5. The van der Waals surface area contributed by atoms with E-state index in [9.17, 15) is 0 Å². The van der Waals surface area contributed by atoms with Crippen molar-refractivity contribution in [2.24, 2.45) is 5.41 Å². The van der Waals surface area contributed by atoms with Crippen LogP contribution in [0, 0.1) is 5.41 Å². The molecule has 0 amide bonds. The minimum atomic E-state index is -0.110. The fourth-order valence-electron chi connectivity index (χ4n) is 2.21. The van der Waals surface area contributed by atoms with E-state index < -0.39 is 0 Å². The second-order valence-corrected chi connectivity index (χ2v) is 7.57. The summed E-state index contributed by atoms with van der Waals surface area (Å²) >= 11 is 0. The van der Waals surface area contributed by atoms with Crippen molar-refractivity contribution >= 4 is 16.8 Å². The summed E-state index contributed by atoms with van der Waals surface area (Å²) in [6, 6.07) is 3.96. The molecule has 4 nitrogen and oxygen atoms in total. The molecular weight excluding hydrogens is 252 g/mol. The lowest BCUT2D eigenvalue weighted by Crippen LogP contribution is -2.35. The average Bonchev–Trinajstić information content (AvgIpc) is 2.90. The molecule has 0 saturated heterocycles. The van der Waals surface area contributed by atoms with E-state index in [2.05, 4.69) is 51.8 Å². The number of nitrogens with one attached hydrogen (secondary N) is 1. The fourth-order valence-corrected chi connectivity index (χ4v) is 2.21. The molecule has 1 unspecified atom stereocenters. The van der Waals surface area contributed by atoms with E-state index in [0.717, 1.165) is 28.4 Å². The lowest BCUT2D eigenvalue weighted by molar-refractivity contribution is 0.129. The molecule has 20 heavy (non-hydrogen) atoms. The number of ether oxygens (including phenoxy) is 1. The number of nitrogens with zero attached hydrogens (tertiary/aromatic N) is 1. The van der Waals surface area contributed by atoms with Gasteiger partial charge in [-0.1, -0.05) is 41.5 Å². The maximum Gasteiger partial charge on any atom is 0.200 e. The predicted octanol–water partition coefficient (Wildman–Crippen LogP) is 4.30. The van der Waals surface area contributed by atoms with Gasteiger partial charge in [0.1, 0.15) is 0 Å². The highest BCUT2D eigenvalue weighted by molar-refractivity contribution is 5.88.